The lowest BCUT2D eigenvalue weighted by Gasteiger charge is -2.35. The number of nitrogens with zero attached hydrogens (tertiary/aromatic N) is 3. The molecule has 0 spiro atoms. The molecule has 1 aliphatic heterocycles. The molecular formula is C22H39N5O. The molecule has 1 aromatic rings. The van der Waals surface area contributed by atoms with Gasteiger partial charge < -0.3 is 25.2 Å². The van der Waals surface area contributed by atoms with Gasteiger partial charge in [-0.2, -0.15) is 0 Å². The van der Waals surface area contributed by atoms with Gasteiger partial charge in [-0.25, -0.2) is 0 Å². The van der Waals surface area contributed by atoms with Crippen LogP contribution >= 0.6 is 0 Å². The van der Waals surface area contributed by atoms with E-state index in [1.54, 1.807) is 0 Å². The summed E-state index contributed by atoms with van der Waals surface area (Å²) in [7, 11) is 1.82. The molecule has 0 aliphatic carbocycles. The van der Waals surface area contributed by atoms with Crippen LogP contribution in [0.2, 0.25) is 0 Å². The quantitative estimate of drug-likeness (QED) is 0.501. The maximum Gasteiger partial charge on any atom is 0.191 e. The Labute approximate surface area is 171 Å². The summed E-state index contributed by atoms with van der Waals surface area (Å²) < 4.78 is 5.98. The number of rotatable bonds is 9. The van der Waals surface area contributed by atoms with Crippen molar-refractivity contribution in [1.82, 2.24) is 20.4 Å². The third-order valence-electron chi connectivity index (χ3n) is 5.21. The summed E-state index contributed by atoms with van der Waals surface area (Å²) in [6.07, 6.45) is 0.0626. The van der Waals surface area contributed by atoms with Crippen LogP contribution < -0.4 is 15.4 Å². The van der Waals surface area contributed by atoms with E-state index in [1.165, 1.54) is 38.3 Å². The van der Waals surface area contributed by atoms with Gasteiger partial charge in [-0.1, -0.05) is 26.0 Å². The molecule has 0 saturated carbocycles. The lowest BCUT2D eigenvalue weighted by atomic mass is 10.1. The molecule has 1 heterocycles. The average Bonchev–Trinajstić information content (AvgIpc) is 2.68. The molecule has 1 saturated heterocycles. The molecule has 2 rings (SSSR count). The van der Waals surface area contributed by atoms with Crippen molar-refractivity contribution in [2.24, 2.45) is 10.9 Å². The van der Waals surface area contributed by atoms with Crippen LogP contribution in [0.25, 0.3) is 0 Å². The molecule has 6 nitrogen and oxygen atoms in total. The number of nitrogens with one attached hydrogen (secondary N) is 2. The number of benzene rings is 1. The number of aliphatic imine (C=N–C) groups is 1. The highest BCUT2D eigenvalue weighted by Gasteiger charge is 2.17. The van der Waals surface area contributed by atoms with Gasteiger partial charge in [0.25, 0.3) is 0 Å². The Kier molecular flexibility index (Phi) is 9.58. The number of likely N-dealkylation sites (N-methyl/N-ethyl adjacent to an activating group) is 1. The van der Waals surface area contributed by atoms with E-state index in [0.29, 0.717) is 12.5 Å². The molecule has 0 radical (unpaired) electrons. The van der Waals surface area contributed by atoms with Crippen LogP contribution in [0.4, 0.5) is 0 Å². The Morgan fingerprint density at radius 2 is 1.79 bits per heavy atom. The lowest BCUT2D eigenvalue weighted by molar-refractivity contribution is 0.124. The maximum atomic E-state index is 5.98. The van der Waals surface area contributed by atoms with Crippen molar-refractivity contribution in [2.75, 3.05) is 59.4 Å². The molecule has 2 atom stereocenters. The van der Waals surface area contributed by atoms with E-state index in [-0.39, 0.29) is 6.10 Å². The fourth-order valence-electron chi connectivity index (χ4n) is 3.49. The zero-order valence-corrected chi connectivity index (χ0v) is 18.4. The predicted molar refractivity (Wildman–Crippen MR) is 118 cm³/mol. The Hall–Kier alpha value is -1.79. The summed E-state index contributed by atoms with van der Waals surface area (Å²) >= 11 is 0. The van der Waals surface area contributed by atoms with E-state index < -0.39 is 0 Å². The highest BCUT2D eigenvalue weighted by atomic mass is 16.5. The van der Waals surface area contributed by atoms with Crippen LogP contribution in [0.3, 0.4) is 0 Å². The summed E-state index contributed by atoms with van der Waals surface area (Å²) in [6.45, 7) is 17.4. The van der Waals surface area contributed by atoms with E-state index in [4.69, 9.17) is 4.74 Å². The summed E-state index contributed by atoms with van der Waals surface area (Å²) in [5.74, 6) is 2.32. The smallest absolute Gasteiger partial charge is 0.191 e. The van der Waals surface area contributed by atoms with Crippen LogP contribution in [-0.4, -0.2) is 81.3 Å². The second-order valence-corrected chi connectivity index (χ2v) is 7.92. The van der Waals surface area contributed by atoms with Gasteiger partial charge in [-0.15, -0.1) is 0 Å². The third-order valence-corrected chi connectivity index (χ3v) is 5.21. The summed E-state index contributed by atoms with van der Waals surface area (Å²) in [5, 5.41) is 6.82. The van der Waals surface area contributed by atoms with Crippen molar-refractivity contribution in [3.63, 3.8) is 0 Å². The second-order valence-electron chi connectivity index (χ2n) is 7.92. The van der Waals surface area contributed by atoms with Gasteiger partial charge in [-0.05, 0) is 44.0 Å². The summed E-state index contributed by atoms with van der Waals surface area (Å²) in [4.78, 5) is 9.43. The van der Waals surface area contributed by atoms with Gasteiger partial charge in [0.15, 0.2) is 5.96 Å². The zero-order valence-electron chi connectivity index (χ0n) is 18.4. The highest BCUT2D eigenvalue weighted by molar-refractivity contribution is 5.79. The zero-order chi connectivity index (χ0) is 20.4. The van der Waals surface area contributed by atoms with Crippen LogP contribution in [0.15, 0.2) is 29.3 Å². The summed E-state index contributed by atoms with van der Waals surface area (Å²) in [6, 6.07) is 8.16. The van der Waals surface area contributed by atoms with Gasteiger partial charge >= 0.3 is 0 Å². The molecule has 2 unspecified atom stereocenters. The van der Waals surface area contributed by atoms with Crippen LogP contribution in [0.5, 0.6) is 5.75 Å². The first-order valence-corrected chi connectivity index (χ1v) is 10.6. The first kappa shape index (κ1) is 22.5. The minimum Gasteiger partial charge on any atom is -0.489 e. The molecule has 0 bridgehead atoms. The second kappa shape index (κ2) is 11.9. The fraction of sp³-hybridized carbons (Fsp3) is 0.682. The van der Waals surface area contributed by atoms with Crippen molar-refractivity contribution in [2.45, 2.75) is 33.8 Å². The largest absolute Gasteiger partial charge is 0.489 e. The average molecular weight is 390 g/mol. The van der Waals surface area contributed by atoms with Gasteiger partial charge in [0.2, 0.25) is 0 Å². The van der Waals surface area contributed by atoms with Gasteiger partial charge in [-0.3, -0.25) is 4.99 Å². The van der Waals surface area contributed by atoms with Crippen LogP contribution in [0, 0.1) is 12.8 Å². The lowest BCUT2D eigenvalue weighted by Crippen LogP contribution is -2.49. The number of aryl methyl sites for hydroxylation is 1. The fourth-order valence-corrected chi connectivity index (χ4v) is 3.49. The van der Waals surface area contributed by atoms with E-state index in [9.17, 15) is 0 Å². The van der Waals surface area contributed by atoms with E-state index in [2.05, 4.69) is 65.3 Å². The minimum absolute atomic E-state index is 0.0626. The number of ether oxygens (including phenoxy) is 1. The molecule has 0 amide bonds. The van der Waals surface area contributed by atoms with Crippen LogP contribution in [0.1, 0.15) is 26.3 Å². The standard InChI is InChI=1S/C22H39N5O/c1-6-26-10-12-27(13-11-26)17-19(3)15-24-22(23-5)25-16-20(4)28-21-9-7-8-18(2)14-21/h7-9,14,19-20H,6,10-13,15-17H2,1-5H3,(H2,23,24,25). The highest BCUT2D eigenvalue weighted by Crippen LogP contribution is 2.13. The van der Waals surface area contributed by atoms with Gasteiger partial charge in [0.1, 0.15) is 11.9 Å². The molecule has 1 aliphatic rings. The number of piperazine rings is 1. The number of hydrogen-bond acceptors (Lipinski definition) is 4. The Bertz CT molecular complexity index is 598. The molecule has 6 heteroatoms. The first-order valence-electron chi connectivity index (χ1n) is 10.6. The van der Waals surface area contributed by atoms with Crippen molar-refractivity contribution in [3.8, 4) is 5.75 Å². The van der Waals surface area contributed by atoms with Gasteiger partial charge in [0, 0.05) is 46.3 Å². The molecule has 2 N–H and O–H groups in total. The first-order chi connectivity index (χ1) is 13.5. The van der Waals surface area contributed by atoms with Crippen molar-refractivity contribution in [3.05, 3.63) is 29.8 Å². The molecule has 158 valence electrons. The van der Waals surface area contributed by atoms with E-state index in [1.807, 2.05) is 19.2 Å². The monoisotopic (exact) mass is 389 g/mol. The number of guanidine groups is 1. The van der Waals surface area contributed by atoms with Crippen molar-refractivity contribution in [1.29, 1.82) is 0 Å². The minimum atomic E-state index is 0.0626. The Morgan fingerprint density at radius 3 is 2.43 bits per heavy atom. The topological polar surface area (TPSA) is 52.1 Å². The van der Waals surface area contributed by atoms with E-state index in [0.717, 1.165) is 24.8 Å². The van der Waals surface area contributed by atoms with E-state index >= 15 is 0 Å². The maximum absolute atomic E-state index is 5.98. The Balaban J connectivity index is 1.65. The van der Waals surface area contributed by atoms with Crippen molar-refractivity contribution >= 4 is 5.96 Å². The summed E-state index contributed by atoms with van der Waals surface area (Å²) in [5.41, 5.74) is 1.21. The van der Waals surface area contributed by atoms with Gasteiger partial charge in [0.05, 0.1) is 6.54 Å². The normalized spacial score (nSPS) is 18.5. The molecule has 28 heavy (non-hydrogen) atoms. The predicted octanol–water partition coefficient (Wildman–Crippen LogP) is 2.20. The van der Waals surface area contributed by atoms with Crippen LogP contribution in [-0.2, 0) is 0 Å². The molecule has 1 fully saturated rings. The molecule has 0 aromatic heterocycles. The van der Waals surface area contributed by atoms with Crippen molar-refractivity contribution < 1.29 is 4.74 Å². The number of hydrogen-bond donors (Lipinski definition) is 2. The molecule has 1 aromatic carbocycles. The SMILES string of the molecule is CCN1CCN(CC(C)CNC(=NC)NCC(C)Oc2cccc(C)c2)CC1. The molecular weight excluding hydrogens is 350 g/mol. The Morgan fingerprint density at radius 1 is 1.11 bits per heavy atom. The third kappa shape index (κ3) is 8.07.